The van der Waals surface area contributed by atoms with Crippen LogP contribution in [0.3, 0.4) is 0 Å². The smallest absolute Gasteiger partial charge is 0.343 e. The molecule has 1 unspecified atom stereocenters. The molecule has 1 saturated heterocycles. The average Bonchev–Trinajstić information content (AvgIpc) is 2.99. The van der Waals surface area contributed by atoms with Gasteiger partial charge in [0.1, 0.15) is 6.54 Å². The van der Waals surface area contributed by atoms with Gasteiger partial charge in [0, 0.05) is 30.2 Å². The minimum atomic E-state index is -4.47. The highest BCUT2D eigenvalue weighted by molar-refractivity contribution is 5.95. The number of urea groups is 1. The highest BCUT2D eigenvalue weighted by Crippen LogP contribution is 2.30. The number of carbonyl (C=O) groups is 2. The maximum Gasteiger partial charge on any atom is 0.405 e. The van der Waals surface area contributed by atoms with Gasteiger partial charge in [0.15, 0.2) is 0 Å². The van der Waals surface area contributed by atoms with E-state index in [2.05, 4.69) is 10.3 Å². The van der Waals surface area contributed by atoms with Gasteiger partial charge in [-0.3, -0.25) is 9.78 Å². The van der Waals surface area contributed by atoms with Gasteiger partial charge in [0.05, 0.1) is 6.04 Å². The minimum Gasteiger partial charge on any atom is -0.343 e. The molecule has 30 heavy (non-hydrogen) atoms. The summed E-state index contributed by atoms with van der Waals surface area (Å²) in [5, 5.41) is 4.64. The van der Waals surface area contributed by atoms with Crippen molar-refractivity contribution in [2.45, 2.75) is 37.9 Å². The Morgan fingerprint density at radius 3 is 2.40 bits per heavy atom. The zero-order valence-electron chi connectivity index (χ0n) is 16.3. The highest BCUT2D eigenvalue weighted by Gasteiger charge is 2.28. The number of rotatable bonds is 4. The molecule has 0 saturated carbocycles. The molecule has 1 aromatic heterocycles. The molecule has 0 bridgehead atoms. The Hall–Kier alpha value is -3.10. The van der Waals surface area contributed by atoms with Gasteiger partial charge in [0.2, 0.25) is 0 Å². The van der Waals surface area contributed by atoms with Crippen molar-refractivity contribution in [1.82, 2.24) is 15.2 Å². The predicted molar refractivity (Wildman–Crippen MR) is 106 cm³/mol. The summed E-state index contributed by atoms with van der Waals surface area (Å²) in [7, 11) is 0. The molecule has 2 aromatic rings. The van der Waals surface area contributed by atoms with Crippen LogP contribution in [0.1, 0.15) is 47.6 Å². The second-order valence-corrected chi connectivity index (χ2v) is 7.14. The van der Waals surface area contributed by atoms with E-state index in [1.807, 2.05) is 17.4 Å². The number of anilines is 1. The molecule has 0 aliphatic carbocycles. The second kappa shape index (κ2) is 9.60. The first kappa shape index (κ1) is 21.6. The largest absolute Gasteiger partial charge is 0.405 e. The fraction of sp³-hybridized carbons (Fsp3) is 0.381. The molecular formula is C21H23F3N4O2. The van der Waals surface area contributed by atoms with E-state index >= 15 is 0 Å². The number of pyridine rings is 1. The topological polar surface area (TPSA) is 74.3 Å². The number of halogens is 3. The number of carbonyl (C=O) groups excluding carboxylic acids is 2. The summed E-state index contributed by atoms with van der Waals surface area (Å²) < 4.78 is 36.7. The molecule has 3 amide bonds. The first-order chi connectivity index (χ1) is 14.3. The molecule has 1 atom stereocenters. The second-order valence-electron chi connectivity index (χ2n) is 7.14. The van der Waals surface area contributed by atoms with Crippen molar-refractivity contribution in [3.63, 3.8) is 0 Å². The maximum atomic E-state index is 12.9. The Bertz CT molecular complexity index is 857. The number of nitrogens with one attached hydrogen (secondary N) is 2. The zero-order chi connectivity index (χ0) is 21.6. The van der Waals surface area contributed by atoms with Crippen molar-refractivity contribution in [3.05, 3.63) is 59.9 Å². The Morgan fingerprint density at radius 1 is 1.03 bits per heavy atom. The van der Waals surface area contributed by atoms with Crippen LogP contribution in [-0.2, 0) is 0 Å². The van der Waals surface area contributed by atoms with E-state index < -0.39 is 18.6 Å². The van der Waals surface area contributed by atoms with Crippen LogP contribution < -0.4 is 10.6 Å². The summed E-state index contributed by atoms with van der Waals surface area (Å²) in [6, 6.07) is 9.26. The SMILES string of the molecule is O=C(NCC(F)(F)F)c1ccc(NC(=O)N2CCCCCC2c2ccncc2)cc1. The summed E-state index contributed by atoms with van der Waals surface area (Å²) in [5.41, 5.74) is 1.57. The number of alkyl halides is 3. The van der Waals surface area contributed by atoms with Crippen molar-refractivity contribution < 1.29 is 22.8 Å². The first-order valence-corrected chi connectivity index (χ1v) is 9.76. The number of hydrogen-bond donors (Lipinski definition) is 2. The standard InChI is InChI=1S/C21H23F3N4O2/c22-21(23,24)14-26-19(29)16-5-7-17(8-6-16)27-20(30)28-13-3-1-2-4-18(28)15-9-11-25-12-10-15/h5-12,18H,1-4,13-14H2,(H,26,29)(H,27,30). The molecule has 1 aromatic carbocycles. The Kier molecular flexibility index (Phi) is 6.91. The molecule has 6 nitrogen and oxygen atoms in total. The van der Waals surface area contributed by atoms with Crippen molar-refractivity contribution in [1.29, 1.82) is 0 Å². The molecule has 1 aliphatic rings. The van der Waals surface area contributed by atoms with Crippen LogP contribution in [0.25, 0.3) is 0 Å². The van der Waals surface area contributed by atoms with Crippen LogP contribution in [-0.4, -0.2) is 41.1 Å². The number of aromatic nitrogens is 1. The number of nitrogens with zero attached hydrogens (tertiary/aromatic N) is 2. The predicted octanol–water partition coefficient (Wildman–Crippen LogP) is 4.52. The average molecular weight is 420 g/mol. The van der Waals surface area contributed by atoms with Gasteiger partial charge < -0.3 is 15.5 Å². The monoisotopic (exact) mass is 420 g/mol. The third kappa shape index (κ3) is 5.95. The van der Waals surface area contributed by atoms with E-state index in [-0.39, 0.29) is 17.6 Å². The molecule has 0 radical (unpaired) electrons. The molecule has 0 spiro atoms. The summed E-state index contributed by atoms with van der Waals surface area (Å²) >= 11 is 0. The minimum absolute atomic E-state index is 0.0529. The summed E-state index contributed by atoms with van der Waals surface area (Å²) in [5.74, 6) is -0.824. The lowest BCUT2D eigenvalue weighted by atomic mass is 10.0. The quantitative estimate of drug-likeness (QED) is 0.764. The fourth-order valence-corrected chi connectivity index (χ4v) is 3.47. The molecule has 2 N–H and O–H groups in total. The van der Waals surface area contributed by atoms with Gasteiger partial charge in [-0.15, -0.1) is 0 Å². The van der Waals surface area contributed by atoms with Crippen molar-refractivity contribution in [2.24, 2.45) is 0 Å². The van der Waals surface area contributed by atoms with Gasteiger partial charge in [-0.05, 0) is 54.8 Å². The Labute approximate surface area is 172 Å². The van der Waals surface area contributed by atoms with E-state index in [0.717, 1.165) is 31.2 Å². The van der Waals surface area contributed by atoms with Crippen molar-refractivity contribution in [2.75, 3.05) is 18.4 Å². The van der Waals surface area contributed by atoms with Crippen LogP contribution in [0.5, 0.6) is 0 Å². The van der Waals surface area contributed by atoms with Gasteiger partial charge >= 0.3 is 12.2 Å². The summed E-state index contributed by atoms with van der Waals surface area (Å²) in [6.07, 6.45) is 2.79. The lowest BCUT2D eigenvalue weighted by molar-refractivity contribution is -0.123. The normalized spacial score (nSPS) is 17.2. The van der Waals surface area contributed by atoms with Crippen LogP contribution in [0, 0.1) is 0 Å². The van der Waals surface area contributed by atoms with Crippen LogP contribution in [0.4, 0.5) is 23.7 Å². The summed E-state index contributed by atoms with van der Waals surface area (Å²) in [6.45, 7) is -0.771. The van der Waals surface area contributed by atoms with E-state index in [0.29, 0.717) is 12.2 Å². The van der Waals surface area contributed by atoms with Gasteiger partial charge in [-0.2, -0.15) is 13.2 Å². The molecule has 3 rings (SSSR count). The van der Waals surface area contributed by atoms with E-state index in [1.54, 1.807) is 17.3 Å². The lowest BCUT2D eigenvalue weighted by Crippen LogP contribution is -2.38. The van der Waals surface area contributed by atoms with Gasteiger partial charge in [-0.25, -0.2) is 4.79 Å². The third-order valence-corrected chi connectivity index (χ3v) is 4.95. The summed E-state index contributed by atoms with van der Waals surface area (Å²) in [4.78, 5) is 30.6. The molecule has 160 valence electrons. The first-order valence-electron chi connectivity index (χ1n) is 9.76. The number of likely N-dealkylation sites (tertiary alicyclic amines) is 1. The number of hydrogen-bond acceptors (Lipinski definition) is 3. The number of amides is 3. The maximum absolute atomic E-state index is 12.9. The molecule has 2 heterocycles. The van der Waals surface area contributed by atoms with E-state index in [1.165, 1.54) is 24.3 Å². The Morgan fingerprint density at radius 2 is 1.73 bits per heavy atom. The van der Waals surface area contributed by atoms with Gasteiger partial charge in [-0.1, -0.05) is 12.8 Å². The molecule has 9 heteroatoms. The van der Waals surface area contributed by atoms with E-state index in [9.17, 15) is 22.8 Å². The Balaban J connectivity index is 1.66. The molecule has 1 aliphatic heterocycles. The zero-order valence-corrected chi connectivity index (χ0v) is 16.3. The van der Waals surface area contributed by atoms with Crippen molar-refractivity contribution in [3.8, 4) is 0 Å². The van der Waals surface area contributed by atoms with Crippen molar-refractivity contribution >= 4 is 17.6 Å². The van der Waals surface area contributed by atoms with Crippen LogP contribution >= 0.6 is 0 Å². The number of benzene rings is 1. The molecule has 1 fully saturated rings. The third-order valence-electron chi connectivity index (χ3n) is 4.95. The highest BCUT2D eigenvalue weighted by atomic mass is 19.4. The van der Waals surface area contributed by atoms with Gasteiger partial charge in [0.25, 0.3) is 5.91 Å². The van der Waals surface area contributed by atoms with Crippen LogP contribution in [0.15, 0.2) is 48.8 Å². The molecular weight excluding hydrogens is 397 g/mol. The lowest BCUT2D eigenvalue weighted by Gasteiger charge is -2.30. The fourth-order valence-electron chi connectivity index (χ4n) is 3.47. The van der Waals surface area contributed by atoms with E-state index in [4.69, 9.17) is 0 Å². The van der Waals surface area contributed by atoms with Crippen LogP contribution in [0.2, 0.25) is 0 Å².